The summed E-state index contributed by atoms with van der Waals surface area (Å²) in [5.74, 6) is 0.525. The van der Waals surface area contributed by atoms with Crippen molar-refractivity contribution in [2.45, 2.75) is 65.2 Å². The molecule has 0 aromatic heterocycles. The molecule has 0 saturated carbocycles. The van der Waals surface area contributed by atoms with Crippen LogP contribution in [0.5, 0.6) is 0 Å². The van der Waals surface area contributed by atoms with Gasteiger partial charge in [0.2, 0.25) is 0 Å². The van der Waals surface area contributed by atoms with E-state index >= 15 is 0 Å². The van der Waals surface area contributed by atoms with Gasteiger partial charge in [0.15, 0.2) is 0 Å². The molecule has 0 amide bonds. The van der Waals surface area contributed by atoms with Crippen molar-refractivity contribution < 1.29 is 9.59 Å². The molecule has 0 heterocycles. The minimum absolute atomic E-state index is 0.262. The molecule has 0 N–H and O–H groups in total. The Morgan fingerprint density at radius 1 is 0.636 bits per heavy atom. The highest BCUT2D eigenvalue weighted by Crippen LogP contribution is 1.97. The van der Waals surface area contributed by atoms with Crippen molar-refractivity contribution in [2.75, 3.05) is 0 Å². The predicted molar refractivity (Wildman–Crippen MR) is 97.0 cm³/mol. The van der Waals surface area contributed by atoms with Crippen molar-refractivity contribution in [1.29, 1.82) is 0 Å². The molecule has 0 aromatic rings. The monoisotopic (exact) mass is 304 g/mol. The third kappa shape index (κ3) is 26.8. The van der Waals surface area contributed by atoms with Crippen molar-refractivity contribution in [2.24, 2.45) is 0 Å². The zero-order valence-electron chi connectivity index (χ0n) is 14.4. The number of Topliss-reactive ketones (excluding diaryl/α,β-unsaturated/α-hetero) is 2. The molecular formula is C20H32O2. The summed E-state index contributed by atoms with van der Waals surface area (Å²) in [6, 6.07) is 0. The quantitative estimate of drug-likeness (QED) is 0.339. The first-order chi connectivity index (χ1) is 10.5. The van der Waals surface area contributed by atoms with Crippen molar-refractivity contribution >= 4 is 11.6 Å². The summed E-state index contributed by atoms with van der Waals surface area (Å²) >= 11 is 0. The summed E-state index contributed by atoms with van der Waals surface area (Å²) in [6.45, 7) is 10.5. The smallest absolute Gasteiger partial charge is 0.130 e. The van der Waals surface area contributed by atoms with E-state index in [1.807, 2.05) is 12.2 Å². The average Bonchev–Trinajstić information content (AvgIpc) is 2.46. The molecule has 22 heavy (non-hydrogen) atoms. The van der Waals surface area contributed by atoms with Crippen molar-refractivity contribution in [3.05, 3.63) is 49.6 Å². The predicted octanol–water partition coefficient (Wildman–Crippen LogP) is 5.76. The summed E-state index contributed by atoms with van der Waals surface area (Å²) in [5.41, 5.74) is 0. The van der Waals surface area contributed by atoms with Crippen LogP contribution in [0.4, 0.5) is 0 Å². The van der Waals surface area contributed by atoms with Gasteiger partial charge < -0.3 is 9.59 Å². The highest BCUT2D eigenvalue weighted by Gasteiger charge is 1.88. The molecule has 0 aromatic carbocycles. The van der Waals surface area contributed by atoms with E-state index in [4.69, 9.17) is 0 Å². The van der Waals surface area contributed by atoms with Crippen molar-refractivity contribution in [3.8, 4) is 0 Å². The van der Waals surface area contributed by atoms with Gasteiger partial charge in [-0.15, -0.1) is 13.2 Å². The van der Waals surface area contributed by atoms with E-state index in [1.165, 1.54) is 0 Å². The molecule has 0 rings (SSSR count). The summed E-state index contributed by atoms with van der Waals surface area (Å²) in [6.07, 6.45) is 19.4. The first-order valence-corrected chi connectivity index (χ1v) is 8.05. The van der Waals surface area contributed by atoms with Crippen LogP contribution in [0.2, 0.25) is 0 Å². The Kier molecular flexibility index (Phi) is 19.8. The lowest BCUT2D eigenvalue weighted by atomic mass is 10.2. The Labute approximate surface area is 136 Å². The lowest BCUT2D eigenvalue weighted by molar-refractivity contribution is -0.117. The zero-order chi connectivity index (χ0) is 17.1. The van der Waals surface area contributed by atoms with Crippen molar-refractivity contribution in [1.82, 2.24) is 0 Å². The van der Waals surface area contributed by atoms with Gasteiger partial charge in [0, 0.05) is 12.8 Å². The number of unbranched alkanes of at least 4 members (excludes halogenated alkanes) is 2. The van der Waals surface area contributed by atoms with Crippen LogP contribution in [0, 0.1) is 0 Å². The Morgan fingerprint density at radius 2 is 0.955 bits per heavy atom. The minimum atomic E-state index is 0.262. The number of allylic oxidation sites excluding steroid dienone is 6. The van der Waals surface area contributed by atoms with Crippen molar-refractivity contribution in [3.63, 3.8) is 0 Å². The van der Waals surface area contributed by atoms with Crippen LogP contribution in [0.15, 0.2) is 49.6 Å². The Hall–Kier alpha value is -1.70. The van der Waals surface area contributed by atoms with E-state index < -0.39 is 0 Å². The molecule has 0 radical (unpaired) electrons. The lowest BCUT2D eigenvalue weighted by Gasteiger charge is -1.88. The summed E-state index contributed by atoms with van der Waals surface area (Å²) in [4.78, 5) is 21.0. The second-order valence-electron chi connectivity index (χ2n) is 5.16. The molecular weight excluding hydrogens is 272 g/mol. The lowest BCUT2D eigenvalue weighted by Crippen LogP contribution is -1.86. The molecule has 0 unspecified atom stereocenters. The molecule has 0 bridgehead atoms. The van der Waals surface area contributed by atoms with Crippen LogP contribution in [-0.4, -0.2) is 11.6 Å². The molecule has 2 heteroatoms. The largest absolute Gasteiger partial charge is 0.300 e. The van der Waals surface area contributed by atoms with E-state index in [0.717, 1.165) is 38.5 Å². The number of hydrogen-bond acceptors (Lipinski definition) is 2. The highest BCUT2D eigenvalue weighted by molar-refractivity contribution is 5.75. The fraction of sp³-hybridized carbons (Fsp3) is 0.500. The standard InChI is InChI=1S/2C10H16O/c2*1-3-4-5-6-7-8-9-10(2)11/h2*3,6-7H,1,4-5,8-9H2,2H3. The topological polar surface area (TPSA) is 34.1 Å². The summed E-state index contributed by atoms with van der Waals surface area (Å²) in [5, 5.41) is 0. The SMILES string of the molecule is C=CCCC=CCCC(C)=O.C=CCCC=CCCC(C)=O. The number of carbonyl (C=O) groups is 2. The van der Waals surface area contributed by atoms with Gasteiger partial charge in [-0.05, 0) is 52.4 Å². The van der Waals surface area contributed by atoms with Gasteiger partial charge >= 0.3 is 0 Å². The van der Waals surface area contributed by atoms with Gasteiger partial charge in [-0.3, -0.25) is 0 Å². The molecule has 0 aliphatic heterocycles. The number of rotatable bonds is 12. The molecule has 0 saturated heterocycles. The normalized spacial score (nSPS) is 10.3. The van der Waals surface area contributed by atoms with Crippen LogP contribution in [0.1, 0.15) is 65.2 Å². The van der Waals surface area contributed by atoms with E-state index in [9.17, 15) is 9.59 Å². The van der Waals surface area contributed by atoms with Gasteiger partial charge in [-0.1, -0.05) is 36.5 Å². The molecule has 124 valence electrons. The van der Waals surface area contributed by atoms with E-state index in [0.29, 0.717) is 12.8 Å². The number of carbonyl (C=O) groups excluding carboxylic acids is 2. The van der Waals surface area contributed by atoms with E-state index in [1.54, 1.807) is 13.8 Å². The van der Waals surface area contributed by atoms with Gasteiger partial charge in [0.25, 0.3) is 0 Å². The molecule has 0 fully saturated rings. The molecule has 2 nitrogen and oxygen atoms in total. The number of ketones is 2. The second-order valence-corrected chi connectivity index (χ2v) is 5.16. The fourth-order valence-corrected chi connectivity index (χ4v) is 1.47. The van der Waals surface area contributed by atoms with Crippen LogP contribution in [0.25, 0.3) is 0 Å². The third-order valence-electron chi connectivity index (χ3n) is 2.73. The summed E-state index contributed by atoms with van der Waals surface area (Å²) < 4.78 is 0. The fourth-order valence-electron chi connectivity index (χ4n) is 1.47. The van der Waals surface area contributed by atoms with E-state index in [-0.39, 0.29) is 11.6 Å². The van der Waals surface area contributed by atoms with E-state index in [2.05, 4.69) is 37.5 Å². The maximum absolute atomic E-state index is 10.5. The van der Waals surface area contributed by atoms with Gasteiger partial charge in [0.1, 0.15) is 11.6 Å². The second kappa shape index (κ2) is 19.3. The van der Waals surface area contributed by atoms with Crippen LogP contribution in [-0.2, 0) is 9.59 Å². The van der Waals surface area contributed by atoms with Crippen LogP contribution in [0.3, 0.4) is 0 Å². The maximum Gasteiger partial charge on any atom is 0.130 e. The summed E-state index contributed by atoms with van der Waals surface area (Å²) in [7, 11) is 0. The van der Waals surface area contributed by atoms with Crippen LogP contribution >= 0.6 is 0 Å². The van der Waals surface area contributed by atoms with Gasteiger partial charge in [-0.25, -0.2) is 0 Å². The average molecular weight is 304 g/mol. The van der Waals surface area contributed by atoms with Gasteiger partial charge in [-0.2, -0.15) is 0 Å². The highest BCUT2D eigenvalue weighted by atomic mass is 16.1. The first kappa shape index (κ1) is 22.6. The Morgan fingerprint density at radius 3 is 1.23 bits per heavy atom. The third-order valence-corrected chi connectivity index (χ3v) is 2.73. The zero-order valence-corrected chi connectivity index (χ0v) is 14.4. The maximum atomic E-state index is 10.5. The van der Waals surface area contributed by atoms with Gasteiger partial charge in [0.05, 0.1) is 0 Å². The van der Waals surface area contributed by atoms with Crippen LogP contribution < -0.4 is 0 Å². The molecule has 0 atom stereocenters. The molecule has 0 spiro atoms. The Bertz CT molecular complexity index is 326. The number of hydrogen-bond donors (Lipinski definition) is 0. The molecule has 0 aliphatic rings. The molecule has 0 aliphatic carbocycles. The Balaban J connectivity index is 0. The first-order valence-electron chi connectivity index (χ1n) is 8.05. The minimum Gasteiger partial charge on any atom is -0.300 e.